The van der Waals surface area contributed by atoms with E-state index in [0.29, 0.717) is 23.8 Å². The fourth-order valence-electron chi connectivity index (χ4n) is 3.80. The summed E-state index contributed by atoms with van der Waals surface area (Å²) >= 11 is 0. The van der Waals surface area contributed by atoms with Crippen molar-refractivity contribution in [1.29, 1.82) is 0 Å². The van der Waals surface area contributed by atoms with Crippen LogP contribution >= 0.6 is 0 Å². The number of hydrogen-bond donors (Lipinski definition) is 0. The van der Waals surface area contributed by atoms with Gasteiger partial charge in [0.25, 0.3) is 0 Å². The van der Waals surface area contributed by atoms with Crippen LogP contribution in [0.15, 0.2) is 12.1 Å². The smallest absolute Gasteiger partial charge is 0.222 e. The Kier molecular flexibility index (Phi) is 3.95. The minimum atomic E-state index is 0.316. The van der Waals surface area contributed by atoms with Crippen LogP contribution in [0, 0.1) is 5.92 Å². The highest BCUT2D eigenvalue weighted by Gasteiger charge is 2.34. The molecule has 0 radical (unpaired) electrons. The molecule has 4 rings (SSSR count). The second kappa shape index (κ2) is 6.10. The molecule has 0 bridgehead atoms. The number of nitrogens with zero attached hydrogens (tertiary/aromatic N) is 4. The van der Waals surface area contributed by atoms with Gasteiger partial charge in [-0.3, -0.25) is 4.79 Å². The quantitative estimate of drug-likeness (QED) is 0.838. The molecule has 0 N–H and O–H groups in total. The summed E-state index contributed by atoms with van der Waals surface area (Å²) in [5.41, 5.74) is 1.13. The highest BCUT2D eigenvalue weighted by Crippen LogP contribution is 2.39. The summed E-state index contributed by atoms with van der Waals surface area (Å²) < 4.78 is 0. The second-order valence-electron chi connectivity index (χ2n) is 7.51. The number of likely N-dealkylation sites (N-methyl/N-ethyl adjacent to an activating group) is 1. The van der Waals surface area contributed by atoms with E-state index in [-0.39, 0.29) is 0 Å². The van der Waals surface area contributed by atoms with Gasteiger partial charge in [-0.2, -0.15) is 5.10 Å². The Balaban J connectivity index is 1.27. The van der Waals surface area contributed by atoms with Gasteiger partial charge in [0.2, 0.25) is 5.91 Å². The van der Waals surface area contributed by atoms with E-state index < -0.39 is 0 Å². The fourth-order valence-corrected chi connectivity index (χ4v) is 3.80. The van der Waals surface area contributed by atoms with Crippen molar-refractivity contribution in [1.82, 2.24) is 15.1 Å². The molecule has 3 fully saturated rings. The van der Waals surface area contributed by atoms with Gasteiger partial charge in [0.15, 0.2) is 5.82 Å². The van der Waals surface area contributed by atoms with E-state index in [1.807, 2.05) is 11.9 Å². The predicted octanol–water partition coefficient (Wildman–Crippen LogP) is 2.58. The van der Waals surface area contributed by atoms with E-state index in [1.54, 1.807) is 0 Å². The van der Waals surface area contributed by atoms with Crippen molar-refractivity contribution in [3.05, 3.63) is 17.8 Å². The lowest BCUT2D eigenvalue weighted by Gasteiger charge is -2.44. The van der Waals surface area contributed by atoms with E-state index in [0.717, 1.165) is 31.0 Å². The Morgan fingerprint density at radius 2 is 1.91 bits per heavy atom. The van der Waals surface area contributed by atoms with E-state index >= 15 is 0 Å². The van der Waals surface area contributed by atoms with Crippen LogP contribution in [0.3, 0.4) is 0 Å². The lowest BCUT2D eigenvalue weighted by atomic mass is 10.0. The molecule has 1 aromatic heterocycles. The van der Waals surface area contributed by atoms with Gasteiger partial charge in [-0.05, 0) is 43.7 Å². The van der Waals surface area contributed by atoms with Crippen LogP contribution in [0.4, 0.5) is 5.82 Å². The highest BCUT2D eigenvalue weighted by molar-refractivity contribution is 5.77. The maximum absolute atomic E-state index is 12.4. The summed E-state index contributed by atoms with van der Waals surface area (Å²) in [5, 5.41) is 8.70. The number of anilines is 1. The molecule has 2 aliphatic carbocycles. The second-order valence-corrected chi connectivity index (χ2v) is 7.51. The van der Waals surface area contributed by atoms with Crippen LogP contribution < -0.4 is 4.90 Å². The number of rotatable bonds is 5. The van der Waals surface area contributed by atoms with E-state index in [1.165, 1.54) is 38.5 Å². The van der Waals surface area contributed by atoms with Gasteiger partial charge in [-0.1, -0.05) is 12.8 Å². The zero-order valence-electron chi connectivity index (χ0n) is 13.9. The molecule has 0 aromatic carbocycles. The van der Waals surface area contributed by atoms with Crippen LogP contribution in [0.5, 0.6) is 0 Å². The number of hydrogen-bond acceptors (Lipinski definition) is 4. The average Bonchev–Trinajstić information content (AvgIpc) is 3.24. The summed E-state index contributed by atoms with van der Waals surface area (Å²) in [7, 11) is 1.96. The molecule has 1 aliphatic heterocycles. The van der Waals surface area contributed by atoms with Crippen molar-refractivity contribution < 1.29 is 4.79 Å². The molecule has 0 spiro atoms. The minimum Gasteiger partial charge on any atom is -0.351 e. The molecule has 2 saturated carbocycles. The number of carbonyl (C=O) groups excluding carboxylic acids is 1. The molecule has 1 saturated heterocycles. The average molecular weight is 314 g/mol. The van der Waals surface area contributed by atoms with E-state index in [2.05, 4.69) is 27.2 Å². The molecule has 5 heteroatoms. The SMILES string of the molecule is CN(C(=O)CC1CCCC1)C1CN(c2ccc(C3CC3)nn2)C1. The fraction of sp³-hybridized carbons (Fsp3) is 0.722. The van der Waals surface area contributed by atoms with E-state index in [4.69, 9.17) is 0 Å². The first kappa shape index (κ1) is 14.9. The van der Waals surface area contributed by atoms with Crippen LogP contribution in [0.2, 0.25) is 0 Å². The van der Waals surface area contributed by atoms with Crippen LogP contribution in [-0.2, 0) is 4.79 Å². The van der Waals surface area contributed by atoms with Crippen LogP contribution in [0.1, 0.15) is 56.6 Å². The molecule has 5 nitrogen and oxygen atoms in total. The maximum Gasteiger partial charge on any atom is 0.222 e. The molecular formula is C18H26N4O. The first-order valence-electron chi connectivity index (χ1n) is 9.05. The van der Waals surface area contributed by atoms with Crippen LogP contribution in [0.25, 0.3) is 0 Å². The van der Waals surface area contributed by atoms with Crippen LogP contribution in [-0.4, -0.2) is 47.2 Å². The Hall–Kier alpha value is -1.65. The maximum atomic E-state index is 12.4. The lowest BCUT2D eigenvalue weighted by molar-refractivity contribution is -0.133. The van der Waals surface area contributed by atoms with Crippen molar-refractivity contribution in [2.75, 3.05) is 25.0 Å². The van der Waals surface area contributed by atoms with Gasteiger partial charge >= 0.3 is 0 Å². The van der Waals surface area contributed by atoms with E-state index in [9.17, 15) is 4.79 Å². The predicted molar refractivity (Wildman–Crippen MR) is 89.4 cm³/mol. The summed E-state index contributed by atoms with van der Waals surface area (Å²) in [5.74, 6) is 2.54. The van der Waals surface area contributed by atoms with Gasteiger partial charge < -0.3 is 9.80 Å². The molecule has 0 atom stereocenters. The Labute approximate surface area is 138 Å². The molecule has 3 aliphatic rings. The zero-order valence-corrected chi connectivity index (χ0v) is 13.9. The minimum absolute atomic E-state index is 0.316. The van der Waals surface area contributed by atoms with Crippen molar-refractivity contribution in [3.8, 4) is 0 Å². The summed E-state index contributed by atoms with van der Waals surface area (Å²) in [6, 6.07) is 4.52. The van der Waals surface area contributed by atoms with Crippen molar-refractivity contribution in [2.24, 2.45) is 5.92 Å². The topological polar surface area (TPSA) is 49.3 Å². The van der Waals surface area contributed by atoms with Crippen molar-refractivity contribution in [3.63, 3.8) is 0 Å². The number of aromatic nitrogens is 2. The largest absolute Gasteiger partial charge is 0.351 e. The molecule has 1 amide bonds. The molecule has 1 aromatic rings. The van der Waals surface area contributed by atoms with Crippen molar-refractivity contribution >= 4 is 11.7 Å². The standard InChI is InChI=1S/C18H26N4O/c1-21(18(23)10-13-4-2-3-5-13)15-11-22(12-15)17-9-8-16(19-20-17)14-6-7-14/h8-9,13-15H,2-7,10-12H2,1H3. The number of carbonyl (C=O) groups is 1. The number of amides is 1. The van der Waals surface area contributed by atoms with Gasteiger partial charge in [0.1, 0.15) is 0 Å². The molecular weight excluding hydrogens is 288 g/mol. The Morgan fingerprint density at radius 3 is 2.52 bits per heavy atom. The third kappa shape index (κ3) is 3.19. The Morgan fingerprint density at radius 1 is 1.17 bits per heavy atom. The summed E-state index contributed by atoms with van der Waals surface area (Å²) in [6.07, 6.45) is 8.33. The first-order valence-corrected chi connectivity index (χ1v) is 9.05. The molecule has 124 valence electrons. The van der Waals surface area contributed by atoms with Gasteiger partial charge in [-0.15, -0.1) is 5.10 Å². The van der Waals surface area contributed by atoms with Gasteiger partial charge in [0, 0.05) is 32.5 Å². The normalized spacial score (nSPS) is 22.2. The zero-order chi connectivity index (χ0) is 15.8. The highest BCUT2D eigenvalue weighted by atomic mass is 16.2. The third-order valence-corrected chi connectivity index (χ3v) is 5.73. The third-order valence-electron chi connectivity index (χ3n) is 5.73. The van der Waals surface area contributed by atoms with Gasteiger partial charge in [-0.25, -0.2) is 0 Å². The summed E-state index contributed by atoms with van der Waals surface area (Å²) in [6.45, 7) is 1.76. The lowest BCUT2D eigenvalue weighted by Crippen LogP contribution is -2.60. The molecule has 23 heavy (non-hydrogen) atoms. The molecule has 0 unspecified atom stereocenters. The van der Waals surface area contributed by atoms with Crippen molar-refractivity contribution in [2.45, 2.75) is 56.9 Å². The summed E-state index contributed by atoms with van der Waals surface area (Å²) in [4.78, 5) is 16.6. The van der Waals surface area contributed by atoms with Gasteiger partial charge in [0.05, 0.1) is 11.7 Å². The molecule has 2 heterocycles. The first-order chi connectivity index (χ1) is 11.2. The Bertz CT molecular complexity index is 557. The monoisotopic (exact) mass is 314 g/mol.